The first-order chi connectivity index (χ1) is 11.4. The van der Waals surface area contributed by atoms with Crippen LogP contribution in [0.3, 0.4) is 0 Å². The summed E-state index contributed by atoms with van der Waals surface area (Å²) < 4.78 is 0. The first kappa shape index (κ1) is 17.1. The average Bonchev–Trinajstić information content (AvgIpc) is 3.01. The van der Waals surface area contributed by atoms with Gasteiger partial charge in [0.25, 0.3) is 5.91 Å². The van der Waals surface area contributed by atoms with E-state index in [1.807, 2.05) is 0 Å². The second-order valence-corrected chi connectivity index (χ2v) is 7.16. The van der Waals surface area contributed by atoms with Crippen molar-refractivity contribution >= 4 is 63.7 Å². The molecule has 0 spiro atoms. The number of carbonyl (C=O) groups is 4. The number of amides is 5. The lowest BCUT2D eigenvalue weighted by Crippen LogP contribution is -2.47. The molecule has 1 unspecified atom stereocenters. The fraction of sp³-hybridized carbons (Fsp3) is 0.286. The molecular formula is C14H11Cl2N3O4S. The zero-order chi connectivity index (χ0) is 17.4. The number of imide groups is 2. The highest BCUT2D eigenvalue weighted by atomic mass is 35.5. The van der Waals surface area contributed by atoms with E-state index in [2.05, 4.69) is 5.32 Å². The Labute approximate surface area is 151 Å². The highest BCUT2D eigenvalue weighted by Gasteiger charge is 2.42. The Bertz CT molecular complexity index is 737. The van der Waals surface area contributed by atoms with Gasteiger partial charge in [-0.25, -0.2) is 19.4 Å². The summed E-state index contributed by atoms with van der Waals surface area (Å²) in [6, 6.07) is 2.05. The van der Waals surface area contributed by atoms with Crippen molar-refractivity contribution in [1.29, 1.82) is 0 Å². The molecule has 10 heteroatoms. The standard InChI is InChI=1S/C14H11Cl2N3O4S/c15-7-3-8(16)5-9(4-7)19-11(20)6-18(14(19)23)13(22)17-10-1-2-24-12(10)21/h3-5,10H,1-2,6H2,(H,17,22). The fourth-order valence-electron chi connectivity index (χ4n) is 2.44. The van der Waals surface area contributed by atoms with Crippen LogP contribution in [0.15, 0.2) is 18.2 Å². The van der Waals surface area contributed by atoms with E-state index in [-0.39, 0.29) is 20.8 Å². The molecule has 2 aliphatic heterocycles. The minimum atomic E-state index is -0.811. The molecule has 0 radical (unpaired) electrons. The van der Waals surface area contributed by atoms with E-state index in [4.69, 9.17) is 23.2 Å². The number of halogens is 2. The van der Waals surface area contributed by atoms with Gasteiger partial charge >= 0.3 is 12.1 Å². The molecule has 2 saturated heterocycles. The molecule has 0 saturated carbocycles. The molecule has 5 amide bonds. The van der Waals surface area contributed by atoms with Gasteiger partial charge < -0.3 is 5.32 Å². The van der Waals surface area contributed by atoms with Gasteiger partial charge in [-0.2, -0.15) is 0 Å². The van der Waals surface area contributed by atoms with Crippen molar-refractivity contribution in [1.82, 2.24) is 10.2 Å². The Balaban J connectivity index is 1.78. The van der Waals surface area contributed by atoms with Crippen LogP contribution in [0.4, 0.5) is 15.3 Å². The van der Waals surface area contributed by atoms with Gasteiger partial charge in [-0.15, -0.1) is 0 Å². The summed E-state index contributed by atoms with van der Waals surface area (Å²) in [6.45, 7) is -0.414. The molecule has 0 aromatic heterocycles. The van der Waals surface area contributed by atoms with Crippen molar-refractivity contribution in [2.75, 3.05) is 17.2 Å². The van der Waals surface area contributed by atoms with Crippen LogP contribution in [-0.4, -0.2) is 46.3 Å². The van der Waals surface area contributed by atoms with Crippen LogP contribution >= 0.6 is 35.0 Å². The summed E-state index contributed by atoms with van der Waals surface area (Å²) in [5.74, 6) is 0.0321. The maximum atomic E-state index is 12.4. The van der Waals surface area contributed by atoms with Crippen LogP contribution in [0.1, 0.15) is 6.42 Å². The van der Waals surface area contributed by atoms with Crippen LogP contribution in [0.2, 0.25) is 10.0 Å². The molecule has 0 aliphatic carbocycles. The average molecular weight is 388 g/mol. The number of anilines is 1. The lowest BCUT2D eigenvalue weighted by atomic mass is 10.2. The minimum absolute atomic E-state index is 0.153. The number of hydrogen-bond acceptors (Lipinski definition) is 5. The quantitative estimate of drug-likeness (QED) is 0.787. The van der Waals surface area contributed by atoms with Gasteiger partial charge in [0.2, 0.25) is 5.12 Å². The van der Waals surface area contributed by atoms with Crippen molar-refractivity contribution in [3.63, 3.8) is 0 Å². The van der Waals surface area contributed by atoms with E-state index in [1.54, 1.807) is 0 Å². The van der Waals surface area contributed by atoms with E-state index >= 15 is 0 Å². The first-order valence-electron chi connectivity index (χ1n) is 6.94. The summed E-state index contributed by atoms with van der Waals surface area (Å²) in [5, 5.41) is 2.85. The zero-order valence-corrected chi connectivity index (χ0v) is 14.5. The predicted molar refractivity (Wildman–Crippen MR) is 90.5 cm³/mol. The Kier molecular flexibility index (Phi) is 4.71. The number of nitrogens with zero attached hydrogens (tertiary/aromatic N) is 2. The number of carbonyl (C=O) groups excluding carboxylic acids is 4. The molecule has 126 valence electrons. The molecule has 3 rings (SSSR count). The highest BCUT2D eigenvalue weighted by molar-refractivity contribution is 8.14. The molecule has 1 aromatic carbocycles. The van der Waals surface area contributed by atoms with Crippen molar-refractivity contribution in [3.8, 4) is 0 Å². The van der Waals surface area contributed by atoms with Gasteiger partial charge in [0.15, 0.2) is 0 Å². The molecule has 2 heterocycles. The van der Waals surface area contributed by atoms with Gasteiger partial charge in [0.1, 0.15) is 12.6 Å². The van der Waals surface area contributed by atoms with E-state index < -0.39 is 30.6 Å². The van der Waals surface area contributed by atoms with Crippen molar-refractivity contribution in [3.05, 3.63) is 28.2 Å². The molecule has 2 fully saturated rings. The van der Waals surface area contributed by atoms with Crippen molar-refractivity contribution < 1.29 is 19.2 Å². The summed E-state index contributed by atoms with van der Waals surface area (Å²) in [6.07, 6.45) is 0.499. The molecule has 1 atom stereocenters. The lowest BCUT2D eigenvalue weighted by molar-refractivity contribution is -0.116. The van der Waals surface area contributed by atoms with Gasteiger partial charge in [0, 0.05) is 15.8 Å². The van der Waals surface area contributed by atoms with Crippen molar-refractivity contribution in [2.24, 2.45) is 0 Å². The van der Waals surface area contributed by atoms with Gasteiger partial charge in [0.05, 0.1) is 5.69 Å². The molecular weight excluding hydrogens is 377 g/mol. The Hall–Kier alpha value is -1.77. The van der Waals surface area contributed by atoms with E-state index in [0.717, 1.165) is 21.6 Å². The number of thioether (sulfide) groups is 1. The Morgan fingerprint density at radius 1 is 1.17 bits per heavy atom. The molecule has 2 aliphatic rings. The maximum absolute atomic E-state index is 12.4. The third-order valence-electron chi connectivity index (χ3n) is 3.55. The van der Waals surface area contributed by atoms with Crippen LogP contribution in [0.5, 0.6) is 0 Å². The SMILES string of the molecule is O=C1SCCC1NC(=O)N1CC(=O)N(c2cc(Cl)cc(Cl)c2)C1=O. The third kappa shape index (κ3) is 3.22. The Morgan fingerprint density at radius 2 is 1.83 bits per heavy atom. The second-order valence-electron chi connectivity index (χ2n) is 5.18. The van der Waals surface area contributed by atoms with E-state index in [1.165, 1.54) is 18.2 Å². The summed E-state index contributed by atoms with van der Waals surface area (Å²) in [4.78, 5) is 50.0. The smallest absolute Gasteiger partial charge is 0.327 e. The summed E-state index contributed by atoms with van der Waals surface area (Å²) in [7, 11) is 0. The lowest BCUT2D eigenvalue weighted by Gasteiger charge is -2.18. The molecule has 0 bridgehead atoms. The Morgan fingerprint density at radius 3 is 2.42 bits per heavy atom. The van der Waals surface area contributed by atoms with Gasteiger partial charge in [-0.3, -0.25) is 9.59 Å². The fourth-order valence-corrected chi connectivity index (χ4v) is 3.88. The number of benzene rings is 1. The second kappa shape index (κ2) is 6.62. The maximum Gasteiger partial charge on any atom is 0.340 e. The third-order valence-corrected chi connectivity index (χ3v) is 4.99. The predicted octanol–water partition coefficient (Wildman–Crippen LogP) is 2.50. The van der Waals surface area contributed by atoms with Crippen LogP contribution in [0.25, 0.3) is 0 Å². The van der Waals surface area contributed by atoms with Crippen molar-refractivity contribution in [2.45, 2.75) is 12.5 Å². The molecule has 24 heavy (non-hydrogen) atoms. The number of hydrogen-bond donors (Lipinski definition) is 1. The van der Waals surface area contributed by atoms with Crippen LogP contribution in [-0.2, 0) is 9.59 Å². The summed E-state index contributed by atoms with van der Waals surface area (Å²) in [5.41, 5.74) is 0.185. The van der Waals surface area contributed by atoms with E-state index in [9.17, 15) is 19.2 Å². The topological polar surface area (TPSA) is 86.8 Å². The number of urea groups is 2. The number of rotatable bonds is 2. The largest absolute Gasteiger partial charge is 0.340 e. The molecule has 7 nitrogen and oxygen atoms in total. The summed E-state index contributed by atoms with van der Waals surface area (Å²) >= 11 is 12.9. The monoisotopic (exact) mass is 387 g/mol. The number of nitrogens with one attached hydrogen (secondary N) is 1. The van der Waals surface area contributed by atoms with Gasteiger partial charge in [-0.1, -0.05) is 35.0 Å². The van der Waals surface area contributed by atoms with Crippen LogP contribution in [0, 0.1) is 0 Å². The first-order valence-corrected chi connectivity index (χ1v) is 8.68. The molecule has 1 aromatic rings. The minimum Gasteiger partial charge on any atom is -0.327 e. The zero-order valence-electron chi connectivity index (χ0n) is 12.1. The van der Waals surface area contributed by atoms with Crippen LogP contribution < -0.4 is 10.2 Å². The van der Waals surface area contributed by atoms with E-state index in [0.29, 0.717) is 12.2 Å². The molecule has 1 N–H and O–H groups in total. The normalized spacial score (nSPS) is 20.9. The van der Waals surface area contributed by atoms with Gasteiger partial charge in [-0.05, 0) is 24.6 Å². The highest BCUT2D eigenvalue weighted by Crippen LogP contribution is 2.28.